The average molecular weight is 264 g/mol. The van der Waals surface area contributed by atoms with Crippen molar-refractivity contribution in [1.82, 2.24) is 0 Å². The third kappa shape index (κ3) is 3.42. The van der Waals surface area contributed by atoms with Gasteiger partial charge in [-0.2, -0.15) is 0 Å². The molecular formula is C14H14ClNS. The van der Waals surface area contributed by atoms with Crippen molar-refractivity contribution in [1.29, 1.82) is 0 Å². The maximum absolute atomic E-state index is 6.10. The number of thioether (sulfide) groups is 1. The summed E-state index contributed by atoms with van der Waals surface area (Å²) in [4.78, 5) is 1.26. The lowest BCUT2D eigenvalue weighted by atomic mass is 10.2. The first-order chi connectivity index (χ1) is 8.29. The van der Waals surface area contributed by atoms with E-state index in [0.717, 1.165) is 22.8 Å². The standard InChI is InChI=1S/C14H14ClNS/c1-17-13-7-4-6-12(9-13)16-10-11-5-2-3-8-14(11)15/h2-9,16H,10H2,1H3. The molecule has 0 atom stereocenters. The Morgan fingerprint density at radius 3 is 2.71 bits per heavy atom. The number of rotatable bonds is 4. The van der Waals surface area contributed by atoms with Gasteiger partial charge in [0.2, 0.25) is 0 Å². The topological polar surface area (TPSA) is 12.0 Å². The fraction of sp³-hybridized carbons (Fsp3) is 0.143. The van der Waals surface area contributed by atoms with Gasteiger partial charge in [-0.3, -0.25) is 0 Å². The summed E-state index contributed by atoms with van der Waals surface area (Å²) in [5.41, 5.74) is 2.24. The molecule has 2 aromatic carbocycles. The van der Waals surface area contributed by atoms with E-state index in [1.54, 1.807) is 11.8 Å². The van der Waals surface area contributed by atoms with E-state index in [9.17, 15) is 0 Å². The van der Waals surface area contributed by atoms with E-state index in [1.165, 1.54) is 4.90 Å². The van der Waals surface area contributed by atoms with Crippen molar-refractivity contribution in [2.75, 3.05) is 11.6 Å². The van der Waals surface area contributed by atoms with E-state index in [1.807, 2.05) is 24.3 Å². The number of halogens is 1. The Hall–Kier alpha value is -1.12. The van der Waals surface area contributed by atoms with E-state index in [4.69, 9.17) is 11.6 Å². The Morgan fingerprint density at radius 1 is 1.12 bits per heavy atom. The highest BCUT2D eigenvalue weighted by Crippen LogP contribution is 2.21. The van der Waals surface area contributed by atoms with Gasteiger partial charge in [-0.1, -0.05) is 35.9 Å². The minimum absolute atomic E-state index is 0.748. The summed E-state index contributed by atoms with van der Waals surface area (Å²) in [6, 6.07) is 16.3. The monoisotopic (exact) mass is 263 g/mol. The molecule has 0 fully saturated rings. The van der Waals surface area contributed by atoms with Gasteiger partial charge in [0.25, 0.3) is 0 Å². The highest BCUT2D eigenvalue weighted by Gasteiger charge is 1.99. The minimum Gasteiger partial charge on any atom is -0.381 e. The first kappa shape index (κ1) is 12.3. The van der Waals surface area contributed by atoms with Crippen LogP contribution in [-0.4, -0.2) is 6.26 Å². The quantitative estimate of drug-likeness (QED) is 0.805. The largest absolute Gasteiger partial charge is 0.381 e. The Kier molecular flexibility index (Phi) is 4.35. The van der Waals surface area contributed by atoms with Crippen LogP contribution in [0, 0.1) is 0 Å². The van der Waals surface area contributed by atoms with Gasteiger partial charge >= 0.3 is 0 Å². The molecule has 0 unspecified atom stereocenters. The normalized spacial score (nSPS) is 10.2. The zero-order valence-electron chi connectivity index (χ0n) is 9.61. The molecule has 88 valence electrons. The third-order valence-corrected chi connectivity index (χ3v) is 3.60. The molecule has 0 saturated carbocycles. The highest BCUT2D eigenvalue weighted by atomic mass is 35.5. The molecule has 1 N–H and O–H groups in total. The van der Waals surface area contributed by atoms with Crippen molar-refractivity contribution >= 4 is 29.1 Å². The number of nitrogens with one attached hydrogen (secondary N) is 1. The summed E-state index contributed by atoms with van der Waals surface area (Å²) >= 11 is 7.85. The molecule has 17 heavy (non-hydrogen) atoms. The van der Waals surface area contributed by atoms with Crippen molar-refractivity contribution in [3.63, 3.8) is 0 Å². The van der Waals surface area contributed by atoms with Crippen molar-refractivity contribution in [3.05, 3.63) is 59.1 Å². The zero-order valence-corrected chi connectivity index (χ0v) is 11.2. The van der Waals surface area contributed by atoms with Crippen LogP contribution in [0.1, 0.15) is 5.56 Å². The molecule has 2 aromatic rings. The molecule has 1 nitrogen and oxygen atoms in total. The molecule has 0 spiro atoms. The molecule has 0 aliphatic heterocycles. The molecule has 0 aliphatic rings. The summed E-state index contributed by atoms with van der Waals surface area (Å²) in [6.07, 6.45) is 2.08. The van der Waals surface area contributed by atoms with Crippen LogP contribution in [0.3, 0.4) is 0 Å². The van der Waals surface area contributed by atoms with Gasteiger partial charge in [0.1, 0.15) is 0 Å². The Labute approximate surface area is 111 Å². The maximum atomic E-state index is 6.10. The van der Waals surface area contributed by atoms with Crippen LogP contribution in [0.25, 0.3) is 0 Å². The molecule has 0 aliphatic carbocycles. The van der Waals surface area contributed by atoms with Crippen molar-refractivity contribution in [3.8, 4) is 0 Å². The Morgan fingerprint density at radius 2 is 1.94 bits per heavy atom. The second-order valence-corrected chi connectivity index (χ2v) is 4.96. The summed E-state index contributed by atoms with van der Waals surface area (Å²) in [5.74, 6) is 0. The number of hydrogen-bond donors (Lipinski definition) is 1. The molecule has 0 bridgehead atoms. The summed E-state index contributed by atoms with van der Waals surface area (Å²) in [5, 5.41) is 4.19. The third-order valence-electron chi connectivity index (χ3n) is 2.51. The molecule has 0 saturated heterocycles. The van der Waals surface area contributed by atoms with Gasteiger partial charge in [0, 0.05) is 22.2 Å². The van der Waals surface area contributed by atoms with Crippen LogP contribution >= 0.6 is 23.4 Å². The second kappa shape index (κ2) is 5.99. The van der Waals surface area contributed by atoms with Crippen molar-refractivity contribution < 1.29 is 0 Å². The predicted molar refractivity (Wildman–Crippen MR) is 77.0 cm³/mol. The molecule has 2 rings (SSSR count). The number of benzene rings is 2. The second-order valence-electron chi connectivity index (χ2n) is 3.68. The fourth-order valence-electron chi connectivity index (χ4n) is 1.57. The Bertz CT molecular complexity index is 499. The zero-order chi connectivity index (χ0) is 12.1. The molecule has 3 heteroatoms. The van der Waals surface area contributed by atoms with E-state index in [0.29, 0.717) is 0 Å². The lowest BCUT2D eigenvalue weighted by Gasteiger charge is -2.08. The van der Waals surface area contributed by atoms with Crippen molar-refractivity contribution in [2.45, 2.75) is 11.4 Å². The molecule has 0 aromatic heterocycles. The van der Waals surface area contributed by atoms with Gasteiger partial charge in [0.15, 0.2) is 0 Å². The highest BCUT2D eigenvalue weighted by molar-refractivity contribution is 7.98. The molecule has 0 radical (unpaired) electrons. The van der Waals surface area contributed by atoms with Crippen LogP contribution in [0.15, 0.2) is 53.4 Å². The Balaban J connectivity index is 2.05. The summed E-state index contributed by atoms with van der Waals surface area (Å²) in [7, 11) is 0. The maximum Gasteiger partial charge on any atom is 0.0455 e. The van der Waals surface area contributed by atoms with Gasteiger partial charge < -0.3 is 5.32 Å². The smallest absolute Gasteiger partial charge is 0.0455 e. The van der Waals surface area contributed by atoms with Gasteiger partial charge in [-0.15, -0.1) is 11.8 Å². The fourth-order valence-corrected chi connectivity index (χ4v) is 2.23. The van der Waals surface area contributed by atoms with E-state index in [2.05, 4.69) is 35.8 Å². The van der Waals surface area contributed by atoms with Crippen LogP contribution in [0.2, 0.25) is 5.02 Å². The number of anilines is 1. The van der Waals surface area contributed by atoms with Gasteiger partial charge in [-0.05, 0) is 36.1 Å². The van der Waals surface area contributed by atoms with Crippen LogP contribution in [-0.2, 0) is 6.54 Å². The van der Waals surface area contributed by atoms with E-state index in [-0.39, 0.29) is 0 Å². The average Bonchev–Trinajstić information content (AvgIpc) is 2.38. The lowest BCUT2D eigenvalue weighted by Crippen LogP contribution is -1.99. The van der Waals surface area contributed by atoms with E-state index < -0.39 is 0 Å². The van der Waals surface area contributed by atoms with Crippen LogP contribution in [0.4, 0.5) is 5.69 Å². The lowest BCUT2D eigenvalue weighted by molar-refractivity contribution is 1.14. The summed E-state index contributed by atoms with van der Waals surface area (Å²) < 4.78 is 0. The van der Waals surface area contributed by atoms with Crippen molar-refractivity contribution in [2.24, 2.45) is 0 Å². The molecule has 0 amide bonds. The first-order valence-corrected chi connectivity index (χ1v) is 7.01. The first-order valence-electron chi connectivity index (χ1n) is 5.41. The SMILES string of the molecule is CSc1cccc(NCc2ccccc2Cl)c1. The minimum atomic E-state index is 0.748. The van der Waals surface area contributed by atoms with Gasteiger partial charge in [-0.25, -0.2) is 0 Å². The molecular weight excluding hydrogens is 250 g/mol. The van der Waals surface area contributed by atoms with Gasteiger partial charge in [0.05, 0.1) is 0 Å². The van der Waals surface area contributed by atoms with Crippen LogP contribution in [0.5, 0.6) is 0 Å². The van der Waals surface area contributed by atoms with Crippen LogP contribution < -0.4 is 5.32 Å². The summed E-state index contributed by atoms with van der Waals surface area (Å²) in [6.45, 7) is 0.748. The molecule has 0 heterocycles. The van der Waals surface area contributed by atoms with E-state index >= 15 is 0 Å². The number of hydrogen-bond acceptors (Lipinski definition) is 2. The predicted octanol–water partition coefficient (Wildman–Crippen LogP) is 4.67.